The van der Waals surface area contributed by atoms with Gasteiger partial charge in [-0.25, -0.2) is 32.7 Å². The molecule has 11 heteroatoms. The molecule has 0 bridgehead atoms. The number of benzene rings is 1. The van der Waals surface area contributed by atoms with E-state index in [1.54, 1.807) is 12.4 Å². The second-order valence-corrected chi connectivity index (χ2v) is 10.8. The fourth-order valence-electron chi connectivity index (χ4n) is 4.59. The molecule has 2 atom stereocenters. The van der Waals surface area contributed by atoms with Gasteiger partial charge in [0.1, 0.15) is 11.9 Å². The third kappa shape index (κ3) is 4.26. The molecule has 1 aromatic heterocycles. The third-order valence-corrected chi connectivity index (χ3v) is 7.56. The van der Waals surface area contributed by atoms with Gasteiger partial charge in [-0.3, -0.25) is 0 Å². The Kier molecular flexibility index (Phi) is 4.86. The average Bonchev–Trinajstić information content (AvgIpc) is 3.56. The van der Waals surface area contributed by atoms with E-state index in [1.165, 1.54) is 12.1 Å². The Morgan fingerprint density at radius 1 is 1.22 bits per heavy atom. The second kappa shape index (κ2) is 7.38. The molecular weight excluding hydrogens is 437 g/mol. The van der Waals surface area contributed by atoms with Crippen molar-refractivity contribution in [3.63, 3.8) is 0 Å². The van der Waals surface area contributed by atoms with Crippen LogP contribution in [0.15, 0.2) is 35.5 Å². The van der Waals surface area contributed by atoms with Crippen LogP contribution in [-0.4, -0.2) is 36.1 Å². The van der Waals surface area contributed by atoms with Crippen molar-refractivity contribution in [2.45, 2.75) is 55.1 Å². The van der Waals surface area contributed by atoms with Crippen molar-refractivity contribution >= 4 is 27.8 Å². The number of rotatable bonds is 6. The van der Waals surface area contributed by atoms with Gasteiger partial charge < -0.3 is 15.4 Å². The summed E-state index contributed by atoms with van der Waals surface area (Å²) in [6.45, 7) is 2.02. The summed E-state index contributed by atoms with van der Waals surface area (Å²) in [4.78, 5) is 20.2. The van der Waals surface area contributed by atoms with E-state index in [1.807, 2.05) is 6.92 Å². The molecule has 2 unspecified atom stereocenters. The van der Waals surface area contributed by atoms with Gasteiger partial charge in [-0.1, -0.05) is 0 Å². The molecule has 0 saturated heterocycles. The SMILES string of the molecule is CC1(NC(=O)OC2CC3C(C2)C3c2cnc(Nc3ccc(S(N)(=O)=O)cc3F)nc2)CC1. The summed E-state index contributed by atoms with van der Waals surface area (Å²) < 4.78 is 42.4. The first-order chi connectivity index (χ1) is 15.1. The van der Waals surface area contributed by atoms with Crippen LogP contribution in [0.3, 0.4) is 0 Å². The minimum atomic E-state index is -3.98. The highest BCUT2D eigenvalue weighted by Crippen LogP contribution is 2.63. The van der Waals surface area contributed by atoms with Gasteiger partial charge in [0.25, 0.3) is 0 Å². The number of fused-ring (bicyclic) bond motifs is 1. The molecule has 3 aliphatic rings. The molecular formula is C21H24FN5O4S. The normalized spacial score (nSPS) is 27.3. The lowest BCUT2D eigenvalue weighted by atomic mass is 10.0. The molecule has 5 rings (SSSR count). The van der Waals surface area contributed by atoms with E-state index < -0.39 is 15.8 Å². The van der Waals surface area contributed by atoms with Crippen molar-refractivity contribution < 1.29 is 22.3 Å². The highest BCUT2D eigenvalue weighted by molar-refractivity contribution is 7.89. The van der Waals surface area contributed by atoms with E-state index in [4.69, 9.17) is 9.88 Å². The summed E-state index contributed by atoms with van der Waals surface area (Å²) in [6, 6.07) is 3.34. The Labute approximate surface area is 185 Å². The summed E-state index contributed by atoms with van der Waals surface area (Å²) in [5.74, 6) is 0.684. The number of ether oxygens (including phenoxy) is 1. The Morgan fingerprint density at radius 2 is 1.88 bits per heavy atom. The molecule has 0 aliphatic heterocycles. The highest BCUT2D eigenvalue weighted by atomic mass is 32.2. The monoisotopic (exact) mass is 461 g/mol. The van der Waals surface area contributed by atoms with E-state index >= 15 is 0 Å². The number of hydrogen-bond acceptors (Lipinski definition) is 7. The highest BCUT2D eigenvalue weighted by Gasteiger charge is 2.57. The van der Waals surface area contributed by atoms with Gasteiger partial charge in [0.15, 0.2) is 0 Å². The van der Waals surface area contributed by atoms with Gasteiger partial charge in [-0.2, -0.15) is 0 Å². The largest absolute Gasteiger partial charge is 0.446 e. The van der Waals surface area contributed by atoms with Crippen molar-refractivity contribution in [1.29, 1.82) is 0 Å². The maximum absolute atomic E-state index is 14.2. The van der Waals surface area contributed by atoms with E-state index in [-0.39, 0.29) is 34.3 Å². The zero-order valence-electron chi connectivity index (χ0n) is 17.4. The molecule has 0 spiro atoms. The molecule has 170 valence electrons. The maximum Gasteiger partial charge on any atom is 0.407 e. The molecule has 0 radical (unpaired) electrons. The summed E-state index contributed by atoms with van der Waals surface area (Å²) in [7, 11) is -3.98. The number of primary sulfonamides is 1. The number of alkyl carbamates (subject to hydrolysis) is 1. The predicted molar refractivity (Wildman–Crippen MR) is 113 cm³/mol. The quantitative estimate of drug-likeness (QED) is 0.602. The lowest BCUT2D eigenvalue weighted by Crippen LogP contribution is -2.36. The number of anilines is 2. The standard InChI is InChI=1S/C21H24FN5O4S/c1-21(4-5-21)27-20(28)31-12-6-14-15(7-12)18(14)11-9-24-19(25-10-11)26-17-3-2-13(8-16(17)22)32(23,29)30/h2-3,8-10,12,14-15,18H,4-7H2,1H3,(H,27,28)(H2,23,29,30)(H,24,25,26). The molecule has 2 aromatic rings. The second-order valence-electron chi connectivity index (χ2n) is 9.19. The molecule has 32 heavy (non-hydrogen) atoms. The third-order valence-electron chi connectivity index (χ3n) is 6.65. The number of carbonyl (C=O) groups is 1. The van der Waals surface area contributed by atoms with Crippen LogP contribution in [0.1, 0.15) is 44.1 Å². The molecule has 4 N–H and O–H groups in total. The fourth-order valence-corrected chi connectivity index (χ4v) is 5.12. The lowest BCUT2D eigenvalue weighted by Gasteiger charge is -2.18. The fraction of sp³-hybridized carbons (Fsp3) is 0.476. The van der Waals surface area contributed by atoms with Gasteiger partial charge in [-0.05, 0) is 74.1 Å². The molecule has 1 heterocycles. The first-order valence-corrected chi connectivity index (χ1v) is 12.1. The lowest BCUT2D eigenvalue weighted by molar-refractivity contribution is 0.0899. The van der Waals surface area contributed by atoms with Crippen molar-refractivity contribution in [2.24, 2.45) is 17.0 Å². The van der Waals surface area contributed by atoms with Crippen LogP contribution in [0.5, 0.6) is 0 Å². The summed E-state index contributed by atoms with van der Waals surface area (Å²) in [6.07, 6.45) is 6.72. The van der Waals surface area contributed by atoms with Gasteiger partial charge in [0, 0.05) is 17.9 Å². The van der Waals surface area contributed by atoms with Crippen LogP contribution in [0, 0.1) is 17.7 Å². The predicted octanol–water partition coefficient (Wildman–Crippen LogP) is 2.78. The van der Waals surface area contributed by atoms with Gasteiger partial charge >= 0.3 is 6.09 Å². The number of amides is 1. The first-order valence-electron chi connectivity index (χ1n) is 10.5. The molecule has 1 amide bonds. The van der Waals surface area contributed by atoms with Crippen LogP contribution in [0.4, 0.5) is 20.8 Å². The van der Waals surface area contributed by atoms with Gasteiger partial charge in [0.05, 0.1) is 10.6 Å². The number of halogens is 1. The Morgan fingerprint density at radius 3 is 2.44 bits per heavy atom. The Hall–Kier alpha value is -2.79. The van der Waals surface area contributed by atoms with Crippen LogP contribution in [0.2, 0.25) is 0 Å². The first kappa shape index (κ1) is 21.1. The van der Waals surface area contributed by atoms with Crippen LogP contribution >= 0.6 is 0 Å². The van der Waals surface area contributed by atoms with Crippen LogP contribution < -0.4 is 15.8 Å². The minimum absolute atomic E-state index is 0.0475. The van der Waals surface area contributed by atoms with Crippen molar-refractivity contribution in [3.8, 4) is 0 Å². The summed E-state index contributed by atoms with van der Waals surface area (Å²) in [5, 5.41) is 10.7. The average molecular weight is 462 g/mol. The zero-order valence-corrected chi connectivity index (χ0v) is 18.2. The van der Waals surface area contributed by atoms with E-state index in [9.17, 15) is 17.6 Å². The molecule has 3 fully saturated rings. The Balaban J connectivity index is 1.15. The smallest absolute Gasteiger partial charge is 0.407 e. The number of nitrogens with zero attached hydrogens (tertiary/aromatic N) is 2. The number of nitrogens with two attached hydrogens (primary N) is 1. The number of aromatic nitrogens is 2. The minimum Gasteiger partial charge on any atom is -0.446 e. The van der Waals surface area contributed by atoms with Crippen molar-refractivity contribution in [2.75, 3.05) is 5.32 Å². The maximum atomic E-state index is 14.2. The molecule has 9 nitrogen and oxygen atoms in total. The Bertz CT molecular complexity index is 1160. The topological polar surface area (TPSA) is 136 Å². The zero-order chi connectivity index (χ0) is 22.7. The summed E-state index contributed by atoms with van der Waals surface area (Å²) in [5.41, 5.74) is 0.970. The molecule has 3 aliphatic carbocycles. The van der Waals surface area contributed by atoms with E-state index in [2.05, 4.69) is 20.6 Å². The van der Waals surface area contributed by atoms with Crippen molar-refractivity contribution in [1.82, 2.24) is 15.3 Å². The van der Waals surface area contributed by atoms with Gasteiger partial charge in [0.2, 0.25) is 16.0 Å². The van der Waals surface area contributed by atoms with Crippen LogP contribution in [-0.2, 0) is 14.8 Å². The number of sulfonamides is 1. The summed E-state index contributed by atoms with van der Waals surface area (Å²) >= 11 is 0. The van der Waals surface area contributed by atoms with E-state index in [0.29, 0.717) is 17.8 Å². The molecule has 1 aromatic carbocycles. The molecule has 3 saturated carbocycles. The van der Waals surface area contributed by atoms with Crippen LogP contribution in [0.25, 0.3) is 0 Å². The van der Waals surface area contributed by atoms with Gasteiger partial charge in [-0.15, -0.1) is 0 Å². The number of hydrogen-bond donors (Lipinski definition) is 3. The number of carbonyl (C=O) groups excluding carboxylic acids is 1. The van der Waals surface area contributed by atoms with E-state index in [0.717, 1.165) is 37.3 Å². The number of nitrogens with one attached hydrogen (secondary N) is 2. The van der Waals surface area contributed by atoms with Crippen molar-refractivity contribution in [3.05, 3.63) is 42.0 Å².